The summed E-state index contributed by atoms with van der Waals surface area (Å²) < 4.78 is 5.93. The van der Waals surface area contributed by atoms with E-state index in [-0.39, 0.29) is 18.0 Å². The van der Waals surface area contributed by atoms with Crippen molar-refractivity contribution in [2.45, 2.75) is 6.04 Å². The number of urea groups is 1. The van der Waals surface area contributed by atoms with Gasteiger partial charge in [0.25, 0.3) is 0 Å². The van der Waals surface area contributed by atoms with Gasteiger partial charge >= 0.3 is 6.03 Å². The number of hydrogen-bond acceptors (Lipinski definition) is 2. The fourth-order valence-corrected chi connectivity index (χ4v) is 3.68. The second kappa shape index (κ2) is 4.96. The molecule has 3 aromatic rings. The third-order valence-corrected chi connectivity index (χ3v) is 4.79. The molecular formula is C19H15N3O2. The van der Waals surface area contributed by atoms with Crippen LogP contribution in [0.5, 0.6) is 5.75 Å². The van der Waals surface area contributed by atoms with Gasteiger partial charge in [-0.05, 0) is 18.2 Å². The quantitative estimate of drug-likeness (QED) is 0.722. The van der Waals surface area contributed by atoms with Gasteiger partial charge in [0.15, 0.2) is 0 Å². The largest absolute Gasteiger partial charge is 0.492 e. The molecule has 0 aliphatic carbocycles. The third kappa shape index (κ3) is 1.88. The number of hydrogen-bond donors (Lipinski definition) is 2. The maximum atomic E-state index is 12.2. The van der Waals surface area contributed by atoms with Crippen molar-refractivity contribution in [2.75, 3.05) is 6.61 Å². The maximum absolute atomic E-state index is 12.2. The minimum Gasteiger partial charge on any atom is -0.492 e. The molecule has 2 amide bonds. The molecule has 5 heteroatoms. The molecule has 5 nitrogen and oxygen atoms in total. The van der Waals surface area contributed by atoms with Crippen LogP contribution in [-0.2, 0) is 0 Å². The van der Waals surface area contributed by atoms with E-state index in [0.717, 1.165) is 33.5 Å². The third-order valence-electron chi connectivity index (χ3n) is 4.79. The van der Waals surface area contributed by atoms with Crippen LogP contribution in [-0.4, -0.2) is 23.3 Å². The summed E-state index contributed by atoms with van der Waals surface area (Å²) in [7, 11) is 0. The van der Waals surface area contributed by atoms with Crippen molar-refractivity contribution < 1.29 is 9.53 Å². The summed E-state index contributed by atoms with van der Waals surface area (Å²) >= 11 is 0. The molecule has 5 rings (SSSR count). The van der Waals surface area contributed by atoms with Gasteiger partial charge in [-0.25, -0.2) is 4.79 Å². The monoisotopic (exact) mass is 317 g/mol. The number of H-pyrrole nitrogens is 1. The lowest BCUT2D eigenvalue weighted by Gasteiger charge is -2.35. The Morgan fingerprint density at radius 2 is 1.92 bits per heavy atom. The zero-order chi connectivity index (χ0) is 16.1. The highest BCUT2D eigenvalue weighted by atomic mass is 16.5. The van der Waals surface area contributed by atoms with E-state index in [1.54, 1.807) is 0 Å². The predicted octanol–water partition coefficient (Wildman–Crippen LogP) is 3.43. The van der Waals surface area contributed by atoms with Crippen LogP contribution in [0.2, 0.25) is 0 Å². The van der Waals surface area contributed by atoms with E-state index in [1.807, 2.05) is 48.7 Å². The lowest BCUT2D eigenvalue weighted by molar-refractivity contribution is 0.218. The molecule has 118 valence electrons. The summed E-state index contributed by atoms with van der Waals surface area (Å²) in [6.45, 7) is 0.500. The van der Waals surface area contributed by atoms with E-state index >= 15 is 0 Å². The number of fused-ring (bicyclic) bond motifs is 4. The highest BCUT2D eigenvalue weighted by Gasteiger charge is 2.39. The second-order valence-electron chi connectivity index (χ2n) is 6.13. The Hall–Kier alpha value is -3.08. The predicted molar refractivity (Wildman–Crippen MR) is 91.5 cm³/mol. The zero-order valence-electron chi connectivity index (χ0n) is 12.8. The molecule has 0 radical (unpaired) electrons. The zero-order valence-corrected chi connectivity index (χ0v) is 12.8. The van der Waals surface area contributed by atoms with E-state index < -0.39 is 0 Å². The lowest BCUT2D eigenvalue weighted by Crippen LogP contribution is -2.45. The number of para-hydroxylation sites is 2. The van der Waals surface area contributed by atoms with Gasteiger partial charge in [-0.2, -0.15) is 4.99 Å². The SMILES string of the molecule is O=C1N=C2c3ccccc3OCC2C(c2c[nH]c3ccccc23)N1. The number of nitrogens with zero attached hydrogens (tertiary/aromatic N) is 1. The number of aromatic amines is 1. The molecule has 2 N–H and O–H groups in total. The van der Waals surface area contributed by atoms with Crippen LogP contribution in [0.15, 0.2) is 59.7 Å². The summed E-state index contributed by atoms with van der Waals surface area (Å²) in [6, 6.07) is 15.4. The van der Waals surface area contributed by atoms with E-state index in [2.05, 4.69) is 21.4 Å². The highest BCUT2D eigenvalue weighted by Crippen LogP contribution is 2.38. The number of benzene rings is 2. The normalized spacial score (nSPS) is 22.2. The van der Waals surface area contributed by atoms with Crippen LogP contribution in [0.4, 0.5) is 4.79 Å². The Labute approximate surface area is 138 Å². The Kier molecular flexibility index (Phi) is 2.76. The number of ether oxygens (including phenoxy) is 1. The number of amides is 2. The van der Waals surface area contributed by atoms with E-state index in [0.29, 0.717) is 6.61 Å². The van der Waals surface area contributed by atoms with Crippen LogP contribution in [0.25, 0.3) is 10.9 Å². The average molecular weight is 317 g/mol. The van der Waals surface area contributed by atoms with Crippen molar-refractivity contribution in [3.63, 3.8) is 0 Å². The molecule has 2 aromatic carbocycles. The summed E-state index contributed by atoms with van der Waals surface area (Å²) in [5.41, 5.74) is 3.85. The van der Waals surface area contributed by atoms with E-state index in [9.17, 15) is 4.79 Å². The van der Waals surface area contributed by atoms with Gasteiger partial charge in [-0.3, -0.25) is 0 Å². The standard InChI is InChI=1S/C19H15N3O2/c23-19-21-17-12-6-2-4-8-16(12)24-10-14(17)18(22-19)13-9-20-15-7-3-1-5-11(13)15/h1-9,14,18,20H,10H2,(H,22,23). The number of carbonyl (C=O) groups excluding carboxylic acids is 1. The summed E-state index contributed by atoms with van der Waals surface area (Å²) in [5, 5.41) is 4.13. The van der Waals surface area contributed by atoms with Gasteiger partial charge in [0.05, 0.1) is 24.3 Å². The van der Waals surface area contributed by atoms with Crippen molar-refractivity contribution >= 4 is 22.6 Å². The fourth-order valence-electron chi connectivity index (χ4n) is 3.68. The van der Waals surface area contributed by atoms with E-state index in [1.165, 1.54) is 0 Å². The summed E-state index contributed by atoms with van der Waals surface area (Å²) in [4.78, 5) is 19.8. The van der Waals surface area contributed by atoms with Gasteiger partial charge in [0, 0.05) is 28.2 Å². The molecule has 1 aromatic heterocycles. The topological polar surface area (TPSA) is 66.5 Å². The smallest absolute Gasteiger partial charge is 0.341 e. The Morgan fingerprint density at radius 1 is 1.08 bits per heavy atom. The number of nitrogens with one attached hydrogen (secondary N) is 2. The van der Waals surface area contributed by atoms with Crippen LogP contribution in [0, 0.1) is 5.92 Å². The van der Waals surface area contributed by atoms with Crippen molar-refractivity contribution in [1.29, 1.82) is 0 Å². The first kappa shape index (κ1) is 13.4. The summed E-state index contributed by atoms with van der Waals surface area (Å²) in [5.74, 6) is 0.789. The van der Waals surface area contributed by atoms with Gasteiger partial charge in [-0.15, -0.1) is 0 Å². The Bertz CT molecular complexity index is 989. The van der Waals surface area contributed by atoms with Crippen molar-refractivity contribution in [3.05, 3.63) is 65.9 Å². The fraction of sp³-hybridized carbons (Fsp3) is 0.158. The molecule has 0 saturated carbocycles. The second-order valence-corrected chi connectivity index (χ2v) is 6.13. The molecule has 0 saturated heterocycles. The molecule has 3 heterocycles. The van der Waals surface area contributed by atoms with Gasteiger partial charge < -0.3 is 15.0 Å². The minimum atomic E-state index is -0.298. The van der Waals surface area contributed by atoms with Crippen LogP contribution >= 0.6 is 0 Å². The molecule has 0 fully saturated rings. The molecule has 2 atom stereocenters. The van der Waals surface area contributed by atoms with Crippen molar-refractivity contribution in [1.82, 2.24) is 10.3 Å². The maximum Gasteiger partial charge on any atom is 0.341 e. The molecular weight excluding hydrogens is 302 g/mol. The average Bonchev–Trinajstić information content (AvgIpc) is 3.05. The molecule has 0 spiro atoms. The number of rotatable bonds is 1. The van der Waals surface area contributed by atoms with Crippen LogP contribution in [0.3, 0.4) is 0 Å². The van der Waals surface area contributed by atoms with Crippen LogP contribution < -0.4 is 10.1 Å². The van der Waals surface area contributed by atoms with Crippen LogP contribution in [0.1, 0.15) is 17.2 Å². The molecule has 2 aliphatic rings. The summed E-state index contributed by atoms with van der Waals surface area (Å²) in [6.07, 6.45) is 1.97. The van der Waals surface area contributed by atoms with Gasteiger partial charge in [0.1, 0.15) is 5.75 Å². The first-order valence-corrected chi connectivity index (χ1v) is 7.98. The molecule has 2 unspecified atom stereocenters. The number of aliphatic imine (C=N–C) groups is 1. The lowest BCUT2D eigenvalue weighted by atomic mass is 9.83. The number of carbonyl (C=O) groups is 1. The van der Waals surface area contributed by atoms with E-state index in [4.69, 9.17) is 4.74 Å². The Morgan fingerprint density at radius 3 is 2.88 bits per heavy atom. The highest BCUT2D eigenvalue weighted by molar-refractivity contribution is 6.12. The molecule has 24 heavy (non-hydrogen) atoms. The first-order chi connectivity index (χ1) is 11.8. The number of aromatic nitrogens is 1. The Balaban J connectivity index is 1.65. The van der Waals surface area contributed by atoms with Gasteiger partial charge in [0.2, 0.25) is 0 Å². The van der Waals surface area contributed by atoms with Crippen molar-refractivity contribution in [2.24, 2.45) is 10.9 Å². The van der Waals surface area contributed by atoms with Crippen molar-refractivity contribution in [3.8, 4) is 5.75 Å². The minimum absolute atomic E-state index is 0.00296. The molecule has 0 bridgehead atoms. The van der Waals surface area contributed by atoms with Gasteiger partial charge in [-0.1, -0.05) is 30.3 Å². The first-order valence-electron chi connectivity index (χ1n) is 7.98. The molecule has 2 aliphatic heterocycles.